The Balaban J connectivity index is 0.00000144. The van der Waals surface area contributed by atoms with Gasteiger partial charge in [0.1, 0.15) is 0 Å². The van der Waals surface area contributed by atoms with Crippen LogP contribution >= 0.6 is 0 Å². The minimum absolute atomic E-state index is 0. The van der Waals surface area contributed by atoms with Gasteiger partial charge in [0, 0.05) is 0 Å². The summed E-state index contributed by atoms with van der Waals surface area (Å²) in [5, 5.41) is 19.0. The molecule has 2 rings (SSSR count). The molecule has 5 heteroatoms. The van der Waals surface area contributed by atoms with E-state index in [9.17, 15) is 9.59 Å². The number of rotatable bonds is 2. The normalized spacial score (nSPS) is 9.65. The van der Waals surface area contributed by atoms with E-state index in [0.29, 0.717) is 10.8 Å². The van der Waals surface area contributed by atoms with Crippen LogP contribution in [0.3, 0.4) is 0 Å². The fraction of sp³-hybridized carbons (Fsp3) is 0. The Morgan fingerprint density at radius 3 is 1.41 bits per heavy atom. The molecule has 0 amide bonds. The van der Waals surface area contributed by atoms with Crippen molar-refractivity contribution in [2.45, 2.75) is 0 Å². The van der Waals surface area contributed by atoms with Crippen LogP contribution in [0.15, 0.2) is 36.4 Å². The molecule has 0 saturated heterocycles. The third-order valence-electron chi connectivity index (χ3n) is 2.33. The van der Waals surface area contributed by atoms with Crippen molar-refractivity contribution in [3.8, 4) is 0 Å². The zero-order valence-electron chi connectivity index (χ0n) is 8.18. The van der Waals surface area contributed by atoms with Gasteiger partial charge in [0.05, 0.1) is 11.1 Å². The summed E-state index contributed by atoms with van der Waals surface area (Å²) in [5.41, 5.74) is 0.381. The average molecular weight is 256 g/mol. The Hall–Kier alpha value is -0.724. The molecule has 82 valence electrons. The minimum atomic E-state index is -0.996. The zero-order chi connectivity index (χ0) is 11.7. The summed E-state index contributed by atoms with van der Waals surface area (Å²) in [6.07, 6.45) is 0. The Morgan fingerprint density at radius 1 is 0.765 bits per heavy atom. The van der Waals surface area contributed by atoms with Crippen molar-refractivity contribution in [1.29, 1.82) is 0 Å². The van der Waals surface area contributed by atoms with Crippen LogP contribution in [-0.4, -0.2) is 73.5 Å². The van der Waals surface area contributed by atoms with Gasteiger partial charge in [-0.1, -0.05) is 12.1 Å². The Labute approximate surface area is 140 Å². The fourth-order valence-electron chi connectivity index (χ4n) is 1.51. The maximum atomic E-state index is 10.7. The van der Waals surface area contributed by atoms with Gasteiger partial charge in [-0.25, -0.2) is 9.59 Å². The van der Waals surface area contributed by atoms with Gasteiger partial charge in [0.2, 0.25) is 0 Å². The van der Waals surface area contributed by atoms with Crippen molar-refractivity contribution in [3.63, 3.8) is 0 Å². The predicted octanol–water partition coefficient (Wildman–Crippen LogP) is 1.59. The van der Waals surface area contributed by atoms with E-state index in [0.717, 1.165) is 0 Å². The van der Waals surface area contributed by atoms with Crippen LogP contribution in [0.5, 0.6) is 0 Å². The van der Waals surface area contributed by atoms with Crippen LogP contribution in [0.4, 0.5) is 0 Å². The summed E-state index contributed by atoms with van der Waals surface area (Å²) in [6, 6.07) is 9.15. The summed E-state index contributed by atoms with van der Waals surface area (Å²) in [4.78, 5) is 21.5. The molecule has 0 bridgehead atoms. The standard InChI is InChI=1S/C12H8O4.K.H/c13-11(14)9-3-1-7-5-10(12(15)16)4-2-8(7)6-9;;/h1-6H,(H,13,14)(H,15,16);;. The molecule has 0 unspecified atom stereocenters. The van der Waals surface area contributed by atoms with E-state index in [4.69, 9.17) is 10.2 Å². The molecule has 0 aliphatic heterocycles. The molecule has 2 aromatic rings. The van der Waals surface area contributed by atoms with Crippen LogP contribution in [0.25, 0.3) is 10.8 Å². The summed E-state index contributed by atoms with van der Waals surface area (Å²) in [6.45, 7) is 0. The van der Waals surface area contributed by atoms with E-state index in [1.165, 1.54) is 24.3 Å². The first-order valence-corrected chi connectivity index (χ1v) is 4.58. The maximum absolute atomic E-state index is 10.7. The summed E-state index contributed by atoms with van der Waals surface area (Å²) in [7, 11) is 0. The Bertz CT molecular complexity index is 539. The number of fused-ring (bicyclic) bond motifs is 1. The molecule has 0 radical (unpaired) electrons. The van der Waals surface area contributed by atoms with E-state index >= 15 is 0 Å². The third-order valence-corrected chi connectivity index (χ3v) is 2.33. The van der Waals surface area contributed by atoms with Crippen LogP contribution in [-0.2, 0) is 0 Å². The van der Waals surface area contributed by atoms with Crippen molar-refractivity contribution in [2.24, 2.45) is 0 Å². The van der Waals surface area contributed by atoms with E-state index in [-0.39, 0.29) is 62.5 Å². The quantitative estimate of drug-likeness (QED) is 0.800. The molecule has 0 saturated carbocycles. The molecule has 17 heavy (non-hydrogen) atoms. The number of carboxylic acid groups (broad SMARTS) is 2. The van der Waals surface area contributed by atoms with Gasteiger partial charge in [-0.3, -0.25) is 0 Å². The second-order valence-electron chi connectivity index (χ2n) is 3.39. The number of aromatic carboxylic acids is 2. The van der Waals surface area contributed by atoms with Gasteiger partial charge in [-0.05, 0) is 35.0 Å². The van der Waals surface area contributed by atoms with Crippen LogP contribution < -0.4 is 0 Å². The van der Waals surface area contributed by atoms with Gasteiger partial charge >= 0.3 is 63.3 Å². The van der Waals surface area contributed by atoms with E-state index in [1.807, 2.05) is 0 Å². The summed E-state index contributed by atoms with van der Waals surface area (Å²) >= 11 is 0. The Kier molecular flexibility index (Phi) is 4.85. The molecular formula is C12H9KO4. The molecule has 0 aliphatic rings. The first-order chi connectivity index (χ1) is 7.58. The first kappa shape index (κ1) is 14.3. The van der Waals surface area contributed by atoms with Crippen LogP contribution in [0, 0.1) is 0 Å². The Morgan fingerprint density at radius 2 is 1.12 bits per heavy atom. The van der Waals surface area contributed by atoms with E-state index in [1.54, 1.807) is 12.1 Å². The molecule has 0 aliphatic carbocycles. The first-order valence-electron chi connectivity index (χ1n) is 4.58. The van der Waals surface area contributed by atoms with Gasteiger partial charge < -0.3 is 10.2 Å². The number of benzene rings is 2. The van der Waals surface area contributed by atoms with E-state index in [2.05, 4.69) is 0 Å². The SMILES string of the molecule is O=C(O)c1ccc2cc(C(=O)O)ccc2c1.[KH]. The second kappa shape index (κ2) is 5.75. The molecule has 0 aromatic heterocycles. The number of hydrogen-bond donors (Lipinski definition) is 2. The monoisotopic (exact) mass is 256 g/mol. The van der Waals surface area contributed by atoms with Gasteiger partial charge in [0.15, 0.2) is 0 Å². The molecule has 4 nitrogen and oxygen atoms in total. The average Bonchev–Trinajstić information content (AvgIpc) is 2.27. The molecule has 0 heterocycles. The summed E-state index contributed by atoms with van der Waals surface area (Å²) < 4.78 is 0. The zero-order valence-corrected chi connectivity index (χ0v) is 8.18. The van der Waals surface area contributed by atoms with Crippen molar-refractivity contribution >= 4 is 74.1 Å². The van der Waals surface area contributed by atoms with Crippen LogP contribution in [0.1, 0.15) is 20.7 Å². The number of carboxylic acids is 2. The number of carbonyl (C=O) groups is 2. The molecule has 0 spiro atoms. The molecule has 2 aromatic carbocycles. The van der Waals surface area contributed by atoms with Crippen molar-refractivity contribution < 1.29 is 19.8 Å². The van der Waals surface area contributed by atoms with E-state index < -0.39 is 11.9 Å². The molecule has 2 N–H and O–H groups in total. The van der Waals surface area contributed by atoms with Crippen molar-refractivity contribution in [2.75, 3.05) is 0 Å². The van der Waals surface area contributed by atoms with Crippen LogP contribution in [0.2, 0.25) is 0 Å². The second-order valence-corrected chi connectivity index (χ2v) is 3.39. The molecule has 0 fully saturated rings. The number of hydrogen-bond acceptors (Lipinski definition) is 2. The van der Waals surface area contributed by atoms with Crippen molar-refractivity contribution in [1.82, 2.24) is 0 Å². The summed E-state index contributed by atoms with van der Waals surface area (Å²) in [5.74, 6) is -1.99. The third kappa shape index (κ3) is 3.14. The predicted molar refractivity (Wildman–Crippen MR) is 65.0 cm³/mol. The van der Waals surface area contributed by atoms with Gasteiger partial charge in [0.25, 0.3) is 0 Å². The van der Waals surface area contributed by atoms with Crippen molar-refractivity contribution in [3.05, 3.63) is 47.5 Å². The molecular weight excluding hydrogens is 247 g/mol. The van der Waals surface area contributed by atoms with Gasteiger partial charge in [-0.2, -0.15) is 0 Å². The van der Waals surface area contributed by atoms with Gasteiger partial charge in [-0.15, -0.1) is 0 Å². The fourth-order valence-corrected chi connectivity index (χ4v) is 1.51. The topological polar surface area (TPSA) is 74.6 Å². The molecule has 0 atom stereocenters.